The molecule has 0 aliphatic rings. The Morgan fingerprint density at radius 3 is 2.41 bits per heavy atom. The molecule has 2 aromatic carbocycles. The van der Waals surface area contributed by atoms with E-state index in [9.17, 15) is 9.59 Å². The maximum absolute atomic E-state index is 11.9. The fourth-order valence-corrected chi connectivity index (χ4v) is 2.34. The van der Waals surface area contributed by atoms with Crippen LogP contribution in [0.25, 0.3) is 0 Å². The van der Waals surface area contributed by atoms with Gasteiger partial charge in [0.05, 0.1) is 27.0 Å². The number of hydrazone groups is 1. The van der Waals surface area contributed by atoms with Crippen molar-refractivity contribution in [2.24, 2.45) is 5.10 Å². The van der Waals surface area contributed by atoms with Crippen molar-refractivity contribution in [1.82, 2.24) is 5.43 Å². The van der Waals surface area contributed by atoms with E-state index in [1.54, 1.807) is 56.7 Å². The minimum atomic E-state index is -0.526. The van der Waals surface area contributed by atoms with Crippen LogP contribution in [0.2, 0.25) is 0 Å². The van der Waals surface area contributed by atoms with E-state index < -0.39 is 11.8 Å². The van der Waals surface area contributed by atoms with E-state index in [-0.39, 0.29) is 6.42 Å². The van der Waals surface area contributed by atoms with Crippen LogP contribution in [0.3, 0.4) is 0 Å². The number of carbonyl (C=O) groups is 2. The highest BCUT2D eigenvalue weighted by molar-refractivity contribution is 6.03. The number of rotatable bonds is 10. The van der Waals surface area contributed by atoms with Crippen LogP contribution in [-0.2, 0) is 9.59 Å². The van der Waals surface area contributed by atoms with Gasteiger partial charge in [-0.15, -0.1) is 0 Å². The SMILES string of the molecule is CCCOc1ccc(C=NNC(=O)CC(=O)Nc2ccc(OC)cc2)cc1OC. The Morgan fingerprint density at radius 1 is 1.00 bits per heavy atom. The Hall–Kier alpha value is -3.55. The molecule has 29 heavy (non-hydrogen) atoms. The van der Waals surface area contributed by atoms with Gasteiger partial charge in [-0.2, -0.15) is 5.10 Å². The quantitative estimate of drug-likeness (QED) is 0.364. The predicted octanol–water partition coefficient (Wildman–Crippen LogP) is 2.97. The summed E-state index contributed by atoms with van der Waals surface area (Å²) in [7, 11) is 3.11. The molecule has 0 bridgehead atoms. The van der Waals surface area contributed by atoms with Gasteiger partial charge in [-0.3, -0.25) is 9.59 Å². The van der Waals surface area contributed by atoms with Crippen molar-refractivity contribution in [3.8, 4) is 17.2 Å². The van der Waals surface area contributed by atoms with E-state index in [4.69, 9.17) is 14.2 Å². The summed E-state index contributed by atoms with van der Waals surface area (Å²) in [5.74, 6) is 0.930. The molecule has 0 aliphatic carbocycles. The third-order valence-electron chi connectivity index (χ3n) is 3.75. The second-order valence-electron chi connectivity index (χ2n) is 6.01. The third-order valence-corrected chi connectivity index (χ3v) is 3.75. The van der Waals surface area contributed by atoms with Crippen LogP contribution in [0.5, 0.6) is 17.2 Å². The van der Waals surface area contributed by atoms with Crippen molar-refractivity contribution >= 4 is 23.7 Å². The van der Waals surface area contributed by atoms with Gasteiger partial charge in [0.1, 0.15) is 12.2 Å². The molecule has 0 spiro atoms. The lowest BCUT2D eigenvalue weighted by atomic mass is 10.2. The van der Waals surface area contributed by atoms with E-state index in [2.05, 4.69) is 15.8 Å². The summed E-state index contributed by atoms with van der Waals surface area (Å²) in [4.78, 5) is 23.8. The first-order chi connectivity index (χ1) is 14.0. The lowest BCUT2D eigenvalue weighted by Gasteiger charge is -2.10. The average Bonchev–Trinajstić information content (AvgIpc) is 2.73. The summed E-state index contributed by atoms with van der Waals surface area (Å²) in [5, 5.41) is 6.51. The van der Waals surface area contributed by atoms with Crippen LogP contribution in [0.4, 0.5) is 5.69 Å². The van der Waals surface area contributed by atoms with Crippen molar-refractivity contribution in [3.63, 3.8) is 0 Å². The number of methoxy groups -OCH3 is 2. The molecule has 2 rings (SSSR count). The molecule has 8 heteroatoms. The monoisotopic (exact) mass is 399 g/mol. The van der Waals surface area contributed by atoms with Crippen LogP contribution in [0.1, 0.15) is 25.3 Å². The molecule has 2 aromatic rings. The standard InChI is InChI=1S/C21H25N3O5/c1-4-11-29-18-10-5-15(12-19(18)28-3)14-22-24-21(26)13-20(25)23-16-6-8-17(27-2)9-7-16/h5-10,12,14H,4,11,13H2,1-3H3,(H,23,25)(H,24,26). The summed E-state index contributed by atoms with van der Waals surface area (Å²) in [6, 6.07) is 12.1. The summed E-state index contributed by atoms with van der Waals surface area (Å²) >= 11 is 0. The topological polar surface area (TPSA) is 98.2 Å². The molecule has 0 aromatic heterocycles. The molecule has 0 unspecified atom stereocenters. The predicted molar refractivity (Wildman–Crippen MR) is 111 cm³/mol. The van der Waals surface area contributed by atoms with Crippen LogP contribution in [-0.4, -0.2) is 38.9 Å². The highest BCUT2D eigenvalue weighted by Gasteiger charge is 2.09. The van der Waals surface area contributed by atoms with Gasteiger partial charge in [0.15, 0.2) is 11.5 Å². The molecule has 154 valence electrons. The summed E-state index contributed by atoms with van der Waals surface area (Å²) < 4.78 is 15.9. The van der Waals surface area contributed by atoms with Gasteiger partial charge in [0.25, 0.3) is 0 Å². The molecule has 2 N–H and O–H groups in total. The number of carbonyl (C=O) groups excluding carboxylic acids is 2. The fourth-order valence-electron chi connectivity index (χ4n) is 2.34. The molecular weight excluding hydrogens is 374 g/mol. The second-order valence-corrected chi connectivity index (χ2v) is 6.01. The molecule has 2 amide bonds. The number of hydrogen-bond donors (Lipinski definition) is 2. The molecule has 0 saturated carbocycles. The summed E-state index contributed by atoms with van der Waals surface area (Å²) in [6.45, 7) is 2.62. The van der Waals surface area contributed by atoms with Gasteiger partial charge in [-0.05, 0) is 54.4 Å². The number of nitrogens with zero attached hydrogens (tertiary/aromatic N) is 1. The number of anilines is 1. The first-order valence-electron chi connectivity index (χ1n) is 9.12. The lowest BCUT2D eigenvalue weighted by molar-refractivity contribution is -0.126. The Kier molecular flexibility index (Phi) is 8.50. The maximum Gasteiger partial charge on any atom is 0.249 e. The number of hydrogen-bond acceptors (Lipinski definition) is 6. The van der Waals surface area contributed by atoms with E-state index in [1.165, 1.54) is 6.21 Å². The summed E-state index contributed by atoms with van der Waals surface area (Å²) in [5.41, 5.74) is 3.62. The van der Waals surface area contributed by atoms with E-state index in [0.717, 1.165) is 6.42 Å². The smallest absolute Gasteiger partial charge is 0.249 e. The van der Waals surface area contributed by atoms with Crippen LogP contribution in [0.15, 0.2) is 47.6 Å². The van der Waals surface area contributed by atoms with Gasteiger partial charge in [0.2, 0.25) is 11.8 Å². The number of ether oxygens (including phenoxy) is 3. The fraction of sp³-hybridized carbons (Fsp3) is 0.286. The zero-order valence-corrected chi connectivity index (χ0v) is 16.7. The molecule has 0 saturated heterocycles. The number of amides is 2. The van der Waals surface area contributed by atoms with Crippen molar-refractivity contribution in [1.29, 1.82) is 0 Å². The van der Waals surface area contributed by atoms with Gasteiger partial charge in [0, 0.05) is 5.69 Å². The molecule has 0 aliphatic heterocycles. The minimum absolute atomic E-state index is 0.351. The highest BCUT2D eigenvalue weighted by atomic mass is 16.5. The zero-order valence-electron chi connectivity index (χ0n) is 16.7. The van der Waals surface area contributed by atoms with Gasteiger partial charge in [-0.1, -0.05) is 6.92 Å². The molecule has 0 heterocycles. The molecule has 8 nitrogen and oxygen atoms in total. The maximum atomic E-state index is 11.9. The van der Waals surface area contributed by atoms with Crippen LogP contribution >= 0.6 is 0 Å². The Labute approximate surface area is 169 Å². The third kappa shape index (κ3) is 7.17. The first-order valence-corrected chi connectivity index (χ1v) is 9.12. The zero-order chi connectivity index (χ0) is 21.1. The van der Waals surface area contributed by atoms with Crippen molar-refractivity contribution in [3.05, 3.63) is 48.0 Å². The molecule has 0 radical (unpaired) electrons. The first kappa shape index (κ1) is 21.7. The molecular formula is C21H25N3O5. The van der Waals surface area contributed by atoms with Crippen molar-refractivity contribution < 1.29 is 23.8 Å². The largest absolute Gasteiger partial charge is 0.497 e. The van der Waals surface area contributed by atoms with E-state index >= 15 is 0 Å². The number of benzene rings is 2. The average molecular weight is 399 g/mol. The Bertz CT molecular complexity index is 850. The lowest BCUT2D eigenvalue weighted by Crippen LogP contribution is -2.24. The van der Waals surface area contributed by atoms with Crippen LogP contribution < -0.4 is 25.0 Å². The second kappa shape index (κ2) is 11.3. The van der Waals surface area contributed by atoms with Gasteiger partial charge < -0.3 is 19.5 Å². The van der Waals surface area contributed by atoms with Crippen molar-refractivity contribution in [2.75, 3.05) is 26.1 Å². The Morgan fingerprint density at radius 2 is 1.76 bits per heavy atom. The molecule has 0 atom stereocenters. The highest BCUT2D eigenvalue weighted by Crippen LogP contribution is 2.27. The van der Waals surface area contributed by atoms with E-state index in [0.29, 0.717) is 35.1 Å². The normalized spacial score (nSPS) is 10.4. The Balaban J connectivity index is 1.84. The van der Waals surface area contributed by atoms with Crippen LogP contribution in [0, 0.1) is 0 Å². The minimum Gasteiger partial charge on any atom is -0.497 e. The number of nitrogens with one attached hydrogen (secondary N) is 2. The van der Waals surface area contributed by atoms with Gasteiger partial charge in [-0.25, -0.2) is 5.43 Å². The van der Waals surface area contributed by atoms with Gasteiger partial charge >= 0.3 is 0 Å². The van der Waals surface area contributed by atoms with E-state index in [1.807, 2.05) is 6.92 Å². The molecule has 0 fully saturated rings. The van der Waals surface area contributed by atoms with Crippen molar-refractivity contribution in [2.45, 2.75) is 19.8 Å². The summed E-state index contributed by atoms with van der Waals surface area (Å²) in [6.07, 6.45) is 2.01.